The van der Waals surface area contributed by atoms with Crippen LogP contribution in [0.2, 0.25) is 5.02 Å². The van der Waals surface area contributed by atoms with E-state index in [9.17, 15) is 9.59 Å². The predicted molar refractivity (Wildman–Crippen MR) is 88.4 cm³/mol. The fourth-order valence-corrected chi connectivity index (χ4v) is 2.39. The Morgan fingerprint density at radius 3 is 2.65 bits per heavy atom. The van der Waals surface area contributed by atoms with Gasteiger partial charge in [0.05, 0.1) is 11.8 Å². The van der Waals surface area contributed by atoms with Gasteiger partial charge in [-0.15, -0.1) is 0 Å². The van der Waals surface area contributed by atoms with Crippen molar-refractivity contribution in [1.82, 2.24) is 10.6 Å². The molecule has 2 aromatic rings. The van der Waals surface area contributed by atoms with Crippen LogP contribution in [0, 0.1) is 0 Å². The zero-order valence-corrected chi connectivity index (χ0v) is 13.8. The van der Waals surface area contributed by atoms with Crippen LogP contribution in [0.15, 0.2) is 47.3 Å². The summed E-state index contributed by atoms with van der Waals surface area (Å²) in [6.07, 6.45) is 3.41. The van der Waals surface area contributed by atoms with Crippen LogP contribution in [0.4, 0.5) is 0 Å². The van der Waals surface area contributed by atoms with Crippen molar-refractivity contribution in [2.45, 2.75) is 32.4 Å². The molecule has 0 radical (unpaired) electrons. The number of hydrogen-bond acceptors (Lipinski definition) is 3. The molecule has 122 valence electrons. The van der Waals surface area contributed by atoms with E-state index in [0.29, 0.717) is 17.0 Å². The molecule has 0 aliphatic carbocycles. The van der Waals surface area contributed by atoms with E-state index in [1.807, 2.05) is 31.2 Å². The molecule has 0 saturated heterocycles. The van der Waals surface area contributed by atoms with Gasteiger partial charge in [-0.1, -0.05) is 23.7 Å². The second-order valence-electron chi connectivity index (χ2n) is 5.45. The zero-order chi connectivity index (χ0) is 16.8. The highest BCUT2D eigenvalue weighted by Crippen LogP contribution is 2.12. The molecule has 2 N–H and O–H groups in total. The molecular weight excluding hydrogens is 316 g/mol. The lowest BCUT2D eigenvalue weighted by Crippen LogP contribution is -2.47. The van der Waals surface area contributed by atoms with Gasteiger partial charge < -0.3 is 15.1 Å². The van der Waals surface area contributed by atoms with Crippen LogP contribution < -0.4 is 10.6 Å². The summed E-state index contributed by atoms with van der Waals surface area (Å²) in [5.74, 6) is -0.583. The van der Waals surface area contributed by atoms with Crippen LogP contribution in [-0.4, -0.2) is 23.9 Å². The fraction of sp³-hybridized carbons (Fsp3) is 0.294. The van der Waals surface area contributed by atoms with E-state index in [1.54, 1.807) is 13.0 Å². The average Bonchev–Trinajstić information content (AvgIpc) is 3.01. The number of carbonyl (C=O) groups is 2. The van der Waals surface area contributed by atoms with Gasteiger partial charge in [0.25, 0.3) is 5.91 Å². The Morgan fingerprint density at radius 1 is 1.22 bits per heavy atom. The number of nitrogens with one attached hydrogen (secondary N) is 2. The Bertz CT molecular complexity index is 670. The van der Waals surface area contributed by atoms with Gasteiger partial charge in [-0.2, -0.15) is 0 Å². The minimum Gasteiger partial charge on any atom is -0.472 e. The molecule has 0 spiro atoms. The molecule has 0 bridgehead atoms. The molecule has 0 aliphatic rings. The minimum absolute atomic E-state index is 0.0748. The lowest BCUT2D eigenvalue weighted by molar-refractivity contribution is -0.123. The largest absolute Gasteiger partial charge is 0.472 e. The molecule has 1 aromatic carbocycles. The Balaban J connectivity index is 1.84. The SMILES string of the molecule is C[C@H](NC(=O)c1ccoc1)C(=O)N[C@@H](C)Cc1cccc(Cl)c1. The highest BCUT2D eigenvalue weighted by atomic mass is 35.5. The molecule has 1 heterocycles. The van der Waals surface area contributed by atoms with Gasteiger partial charge in [-0.25, -0.2) is 0 Å². The number of furan rings is 1. The van der Waals surface area contributed by atoms with E-state index < -0.39 is 6.04 Å². The van der Waals surface area contributed by atoms with E-state index in [1.165, 1.54) is 12.5 Å². The number of carbonyl (C=O) groups excluding carboxylic acids is 2. The van der Waals surface area contributed by atoms with Crippen molar-refractivity contribution >= 4 is 23.4 Å². The summed E-state index contributed by atoms with van der Waals surface area (Å²) in [6.45, 7) is 3.54. The Morgan fingerprint density at radius 2 is 2.00 bits per heavy atom. The molecule has 0 fully saturated rings. The summed E-state index contributed by atoms with van der Waals surface area (Å²) in [5.41, 5.74) is 1.43. The number of amides is 2. The summed E-state index contributed by atoms with van der Waals surface area (Å²) in [4.78, 5) is 24.0. The van der Waals surface area contributed by atoms with Gasteiger partial charge in [-0.3, -0.25) is 9.59 Å². The Labute approximate surface area is 140 Å². The number of halogens is 1. The molecule has 2 rings (SSSR count). The van der Waals surface area contributed by atoms with Gasteiger partial charge in [0.1, 0.15) is 12.3 Å². The van der Waals surface area contributed by atoms with Crippen molar-refractivity contribution in [3.8, 4) is 0 Å². The number of rotatable bonds is 6. The third-order valence-electron chi connectivity index (χ3n) is 3.34. The van der Waals surface area contributed by atoms with Gasteiger partial charge in [-0.05, 0) is 44.0 Å². The third-order valence-corrected chi connectivity index (χ3v) is 3.58. The first kappa shape index (κ1) is 17.1. The van der Waals surface area contributed by atoms with Crippen LogP contribution in [-0.2, 0) is 11.2 Å². The molecule has 23 heavy (non-hydrogen) atoms. The summed E-state index contributed by atoms with van der Waals surface area (Å²) >= 11 is 5.95. The lowest BCUT2D eigenvalue weighted by Gasteiger charge is -2.18. The van der Waals surface area contributed by atoms with Crippen molar-refractivity contribution < 1.29 is 14.0 Å². The van der Waals surface area contributed by atoms with Crippen LogP contribution >= 0.6 is 11.6 Å². The van der Waals surface area contributed by atoms with E-state index >= 15 is 0 Å². The maximum absolute atomic E-state index is 12.1. The first-order chi connectivity index (χ1) is 11.0. The van der Waals surface area contributed by atoms with Crippen LogP contribution in [0.25, 0.3) is 0 Å². The van der Waals surface area contributed by atoms with Crippen molar-refractivity contribution in [3.05, 3.63) is 59.0 Å². The van der Waals surface area contributed by atoms with Gasteiger partial charge in [0, 0.05) is 11.1 Å². The maximum atomic E-state index is 12.1. The molecule has 0 saturated carbocycles. The summed E-state index contributed by atoms with van der Waals surface area (Å²) in [5, 5.41) is 6.17. The van der Waals surface area contributed by atoms with E-state index in [0.717, 1.165) is 5.56 Å². The van der Waals surface area contributed by atoms with Crippen molar-refractivity contribution in [3.63, 3.8) is 0 Å². The summed E-state index contributed by atoms with van der Waals surface area (Å²) in [6, 6.07) is 8.34. The molecule has 2 amide bonds. The van der Waals surface area contributed by atoms with Crippen LogP contribution in [0.5, 0.6) is 0 Å². The summed E-state index contributed by atoms with van der Waals surface area (Å²) in [7, 11) is 0. The van der Waals surface area contributed by atoms with Crippen LogP contribution in [0.3, 0.4) is 0 Å². The van der Waals surface area contributed by atoms with E-state index in [4.69, 9.17) is 16.0 Å². The van der Waals surface area contributed by atoms with E-state index in [-0.39, 0.29) is 17.9 Å². The van der Waals surface area contributed by atoms with Gasteiger partial charge >= 0.3 is 0 Å². The lowest BCUT2D eigenvalue weighted by atomic mass is 10.1. The number of hydrogen-bond donors (Lipinski definition) is 2. The molecule has 0 aliphatic heterocycles. The molecule has 0 unspecified atom stereocenters. The fourth-order valence-electron chi connectivity index (χ4n) is 2.18. The van der Waals surface area contributed by atoms with Crippen molar-refractivity contribution in [2.75, 3.05) is 0 Å². The molecule has 1 aromatic heterocycles. The Kier molecular flexibility index (Phi) is 5.82. The molecule has 5 nitrogen and oxygen atoms in total. The average molecular weight is 335 g/mol. The number of benzene rings is 1. The quantitative estimate of drug-likeness (QED) is 0.853. The minimum atomic E-state index is -0.640. The molecular formula is C17H19ClN2O3. The first-order valence-corrected chi connectivity index (χ1v) is 7.71. The van der Waals surface area contributed by atoms with Gasteiger partial charge in [0.2, 0.25) is 5.91 Å². The topological polar surface area (TPSA) is 71.3 Å². The first-order valence-electron chi connectivity index (χ1n) is 7.33. The van der Waals surface area contributed by atoms with Crippen molar-refractivity contribution in [1.29, 1.82) is 0 Å². The highest BCUT2D eigenvalue weighted by Gasteiger charge is 2.18. The maximum Gasteiger partial charge on any atom is 0.255 e. The van der Waals surface area contributed by atoms with E-state index in [2.05, 4.69) is 10.6 Å². The monoisotopic (exact) mass is 334 g/mol. The second-order valence-corrected chi connectivity index (χ2v) is 5.89. The zero-order valence-electron chi connectivity index (χ0n) is 13.0. The second kappa shape index (κ2) is 7.83. The normalized spacial score (nSPS) is 13.2. The highest BCUT2D eigenvalue weighted by molar-refractivity contribution is 6.30. The molecule has 6 heteroatoms. The van der Waals surface area contributed by atoms with Gasteiger partial charge in [0.15, 0.2) is 0 Å². The predicted octanol–water partition coefficient (Wildman–Crippen LogP) is 2.80. The smallest absolute Gasteiger partial charge is 0.255 e. The van der Waals surface area contributed by atoms with Crippen LogP contribution in [0.1, 0.15) is 29.8 Å². The van der Waals surface area contributed by atoms with Crippen molar-refractivity contribution in [2.24, 2.45) is 0 Å². The standard InChI is InChI=1S/C17H19ClN2O3/c1-11(8-13-4-3-5-15(18)9-13)19-16(21)12(2)20-17(22)14-6-7-23-10-14/h3-7,9-12H,8H2,1-2H3,(H,19,21)(H,20,22)/t11-,12-/m0/s1. The molecule has 2 atom stereocenters. The third kappa shape index (κ3) is 5.14. The Hall–Kier alpha value is -2.27. The summed E-state index contributed by atoms with van der Waals surface area (Å²) < 4.78 is 4.85.